The van der Waals surface area contributed by atoms with Gasteiger partial charge < -0.3 is 16.4 Å². The number of benzene rings is 1. The first-order chi connectivity index (χ1) is 9.11. The van der Waals surface area contributed by atoms with Crippen molar-refractivity contribution in [3.8, 4) is 0 Å². The zero-order valence-electron chi connectivity index (χ0n) is 10.9. The van der Waals surface area contributed by atoms with E-state index in [9.17, 15) is 4.79 Å². The summed E-state index contributed by atoms with van der Waals surface area (Å²) in [5, 5.41) is 0.662. The molecule has 0 radical (unpaired) electrons. The Kier molecular flexibility index (Phi) is 4.66. The van der Waals surface area contributed by atoms with E-state index in [2.05, 4.69) is 4.90 Å². The lowest BCUT2D eigenvalue weighted by molar-refractivity contribution is -0.116. The largest absolute Gasteiger partial charge is 0.368 e. The van der Waals surface area contributed by atoms with Crippen LogP contribution in [-0.4, -0.2) is 18.5 Å². The van der Waals surface area contributed by atoms with Crippen molar-refractivity contribution in [2.45, 2.75) is 38.3 Å². The Hall–Kier alpha value is -1.26. The molecule has 0 spiro atoms. The van der Waals surface area contributed by atoms with Gasteiger partial charge in [-0.1, -0.05) is 24.4 Å². The predicted octanol–water partition coefficient (Wildman–Crippen LogP) is 2.03. The molecule has 0 atom stereocenters. The topological polar surface area (TPSA) is 72.3 Å². The zero-order valence-corrected chi connectivity index (χ0v) is 11.7. The first kappa shape index (κ1) is 14.2. The number of hydrogen-bond acceptors (Lipinski definition) is 3. The molecule has 1 aliphatic carbocycles. The highest BCUT2D eigenvalue weighted by Gasteiger charge is 2.25. The molecule has 0 aliphatic heterocycles. The summed E-state index contributed by atoms with van der Waals surface area (Å²) >= 11 is 6.00. The molecule has 0 unspecified atom stereocenters. The number of nitrogens with zero attached hydrogens (tertiary/aromatic N) is 1. The summed E-state index contributed by atoms with van der Waals surface area (Å²) in [6.45, 7) is 0.636. The Morgan fingerprint density at radius 2 is 2.05 bits per heavy atom. The van der Waals surface area contributed by atoms with Crippen molar-refractivity contribution in [1.82, 2.24) is 0 Å². The number of primary amides is 1. The number of amides is 1. The van der Waals surface area contributed by atoms with Crippen molar-refractivity contribution in [1.29, 1.82) is 0 Å². The van der Waals surface area contributed by atoms with Gasteiger partial charge in [-0.25, -0.2) is 0 Å². The average Bonchev–Trinajstić information content (AvgIpc) is 2.89. The minimum atomic E-state index is -0.315. The number of hydrogen-bond donors (Lipinski definition) is 2. The molecule has 0 heterocycles. The Labute approximate surface area is 118 Å². The fourth-order valence-corrected chi connectivity index (χ4v) is 2.99. The third-order valence-corrected chi connectivity index (χ3v) is 3.90. The quantitative estimate of drug-likeness (QED) is 0.867. The number of nitrogens with two attached hydrogens (primary N) is 2. The maximum absolute atomic E-state index is 11.3. The molecule has 104 valence electrons. The van der Waals surface area contributed by atoms with Crippen LogP contribution in [0, 0.1) is 0 Å². The summed E-state index contributed by atoms with van der Waals surface area (Å²) in [7, 11) is 0. The summed E-state index contributed by atoms with van der Waals surface area (Å²) in [5.41, 5.74) is 13.1. The fourth-order valence-electron chi connectivity index (χ4n) is 2.79. The maximum Gasteiger partial charge on any atom is 0.236 e. The SMILES string of the molecule is NCc1cc(Cl)ccc1N(CC(N)=O)C1CCCC1. The summed E-state index contributed by atoms with van der Waals surface area (Å²) in [6.07, 6.45) is 4.59. The van der Waals surface area contributed by atoms with Crippen LogP contribution >= 0.6 is 11.6 Å². The third kappa shape index (κ3) is 3.39. The minimum Gasteiger partial charge on any atom is -0.368 e. The summed E-state index contributed by atoms with van der Waals surface area (Å²) in [4.78, 5) is 13.4. The molecule has 4 nitrogen and oxygen atoms in total. The van der Waals surface area contributed by atoms with Crippen LogP contribution in [0.5, 0.6) is 0 Å². The van der Waals surface area contributed by atoms with Crippen molar-refractivity contribution in [3.63, 3.8) is 0 Å². The fraction of sp³-hybridized carbons (Fsp3) is 0.500. The number of halogens is 1. The Morgan fingerprint density at radius 3 is 2.63 bits per heavy atom. The molecule has 4 N–H and O–H groups in total. The molecule has 1 fully saturated rings. The van der Waals surface area contributed by atoms with E-state index in [4.69, 9.17) is 23.1 Å². The summed E-state index contributed by atoms with van der Waals surface area (Å²) in [6, 6.07) is 6.00. The second kappa shape index (κ2) is 6.26. The highest BCUT2D eigenvalue weighted by Crippen LogP contribution is 2.31. The van der Waals surface area contributed by atoms with E-state index >= 15 is 0 Å². The lowest BCUT2D eigenvalue weighted by Crippen LogP contribution is -2.40. The smallest absolute Gasteiger partial charge is 0.236 e. The van der Waals surface area contributed by atoms with Gasteiger partial charge in [0.15, 0.2) is 0 Å². The van der Waals surface area contributed by atoms with Crippen molar-refractivity contribution in [3.05, 3.63) is 28.8 Å². The first-order valence-corrected chi connectivity index (χ1v) is 7.03. The molecular weight excluding hydrogens is 262 g/mol. The van der Waals surface area contributed by atoms with Crippen LogP contribution < -0.4 is 16.4 Å². The number of carbonyl (C=O) groups excluding carboxylic acids is 1. The van der Waals surface area contributed by atoms with Crippen LogP contribution in [0.15, 0.2) is 18.2 Å². The molecule has 0 bridgehead atoms. The number of anilines is 1. The summed E-state index contributed by atoms with van der Waals surface area (Å²) in [5.74, 6) is -0.315. The van der Waals surface area contributed by atoms with Gasteiger partial charge in [-0.15, -0.1) is 0 Å². The van der Waals surface area contributed by atoms with E-state index in [0.29, 0.717) is 17.6 Å². The molecule has 1 aromatic carbocycles. The highest BCUT2D eigenvalue weighted by molar-refractivity contribution is 6.30. The van der Waals surface area contributed by atoms with Gasteiger partial charge in [0.1, 0.15) is 0 Å². The van der Waals surface area contributed by atoms with Crippen LogP contribution in [0.3, 0.4) is 0 Å². The van der Waals surface area contributed by atoms with E-state index in [-0.39, 0.29) is 12.5 Å². The molecule has 19 heavy (non-hydrogen) atoms. The zero-order chi connectivity index (χ0) is 13.8. The van der Waals surface area contributed by atoms with E-state index in [1.54, 1.807) is 0 Å². The van der Waals surface area contributed by atoms with Gasteiger partial charge in [-0.2, -0.15) is 0 Å². The van der Waals surface area contributed by atoms with E-state index < -0.39 is 0 Å². The maximum atomic E-state index is 11.3. The lowest BCUT2D eigenvalue weighted by atomic mass is 10.1. The molecule has 1 aromatic rings. The van der Waals surface area contributed by atoms with Crippen molar-refractivity contribution in [2.75, 3.05) is 11.4 Å². The van der Waals surface area contributed by atoms with Gasteiger partial charge in [-0.05, 0) is 36.6 Å². The number of carbonyl (C=O) groups is 1. The van der Waals surface area contributed by atoms with Gasteiger partial charge in [-0.3, -0.25) is 4.79 Å². The first-order valence-electron chi connectivity index (χ1n) is 6.65. The molecular formula is C14H20ClN3O. The predicted molar refractivity (Wildman–Crippen MR) is 78.1 cm³/mol. The second-order valence-corrected chi connectivity index (χ2v) is 5.45. The molecule has 0 saturated heterocycles. The van der Waals surface area contributed by atoms with Crippen LogP contribution in [0.2, 0.25) is 5.02 Å². The second-order valence-electron chi connectivity index (χ2n) is 5.01. The van der Waals surface area contributed by atoms with E-state index in [1.807, 2.05) is 18.2 Å². The monoisotopic (exact) mass is 281 g/mol. The molecule has 1 saturated carbocycles. The van der Waals surface area contributed by atoms with Gasteiger partial charge >= 0.3 is 0 Å². The molecule has 1 aliphatic rings. The van der Waals surface area contributed by atoms with Crippen molar-refractivity contribution >= 4 is 23.2 Å². The Morgan fingerprint density at radius 1 is 1.37 bits per heavy atom. The molecule has 2 rings (SSSR count). The van der Waals surface area contributed by atoms with Gasteiger partial charge in [0, 0.05) is 23.3 Å². The van der Waals surface area contributed by atoms with Crippen LogP contribution in [0.25, 0.3) is 0 Å². The standard InChI is InChI=1S/C14H20ClN3O/c15-11-5-6-13(10(7-11)8-16)18(9-14(17)19)12-3-1-2-4-12/h5-7,12H,1-4,8-9,16H2,(H2,17,19). The van der Waals surface area contributed by atoms with Crippen molar-refractivity contribution < 1.29 is 4.79 Å². The Balaban J connectivity index is 2.33. The highest BCUT2D eigenvalue weighted by atomic mass is 35.5. The van der Waals surface area contributed by atoms with Gasteiger partial charge in [0.25, 0.3) is 0 Å². The van der Waals surface area contributed by atoms with E-state index in [0.717, 1.165) is 24.1 Å². The van der Waals surface area contributed by atoms with Crippen molar-refractivity contribution in [2.24, 2.45) is 11.5 Å². The average molecular weight is 282 g/mol. The van der Waals surface area contributed by atoms with Crippen LogP contribution in [0.1, 0.15) is 31.2 Å². The normalized spacial score (nSPS) is 15.7. The molecule has 1 amide bonds. The summed E-state index contributed by atoms with van der Waals surface area (Å²) < 4.78 is 0. The van der Waals surface area contributed by atoms with E-state index in [1.165, 1.54) is 12.8 Å². The molecule has 0 aromatic heterocycles. The van der Waals surface area contributed by atoms with Crippen LogP contribution in [-0.2, 0) is 11.3 Å². The molecule has 5 heteroatoms. The van der Waals surface area contributed by atoms with Gasteiger partial charge in [0.05, 0.1) is 6.54 Å². The lowest BCUT2D eigenvalue weighted by Gasteiger charge is -2.31. The van der Waals surface area contributed by atoms with Gasteiger partial charge in [0.2, 0.25) is 5.91 Å². The van der Waals surface area contributed by atoms with Crippen LogP contribution in [0.4, 0.5) is 5.69 Å². The minimum absolute atomic E-state index is 0.235. The third-order valence-electron chi connectivity index (χ3n) is 3.66. The number of rotatable bonds is 5. The Bertz CT molecular complexity index is 458.